The van der Waals surface area contributed by atoms with Crippen LogP contribution in [0.4, 0.5) is 10.1 Å². The Labute approximate surface area is 163 Å². The Kier molecular flexibility index (Phi) is 4.87. The highest BCUT2D eigenvalue weighted by atomic mass is 19.1. The van der Waals surface area contributed by atoms with E-state index in [1.54, 1.807) is 6.07 Å². The van der Waals surface area contributed by atoms with Crippen molar-refractivity contribution < 1.29 is 14.3 Å². The zero-order valence-electron chi connectivity index (χ0n) is 16.2. The van der Waals surface area contributed by atoms with Crippen molar-refractivity contribution in [2.24, 2.45) is 5.92 Å². The summed E-state index contributed by atoms with van der Waals surface area (Å²) in [6.07, 6.45) is 4.29. The number of carboxylic acid groups (broad SMARTS) is 1. The topological polar surface area (TPSA) is 74.6 Å². The summed E-state index contributed by atoms with van der Waals surface area (Å²) in [4.78, 5) is 26.1. The van der Waals surface area contributed by atoms with Crippen LogP contribution in [0.25, 0.3) is 10.9 Å². The molecule has 0 bridgehead atoms. The van der Waals surface area contributed by atoms with Gasteiger partial charge in [-0.15, -0.1) is 0 Å². The quantitative estimate of drug-likeness (QED) is 0.797. The van der Waals surface area contributed by atoms with Gasteiger partial charge in [-0.2, -0.15) is 0 Å². The van der Waals surface area contributed by atoms with E-state index in [9.17, 15) is 19.1 Å². The van der Waals surface area contributed by atoms with Gasteiger partial charge in [-0.25, -0.2) is 9.18 Å². The second-order valence-corrected chi connectivity index (χ2v) is 7.98. The van der Waals surface area contributed by atoms with E-state index < -0.39 is 17.2 Å². The normalized spacial score (nSPS) is 20.7. The van der Waals surface area contributed by atoms with Crippen molar-refractivity contribution in [2.45, 2.75) is 45.2 Å². The lowest BCUT2D eigenvalue weighted by Crippen LogP contribution is -2.35. The molecule has 150 valence electrons. The summed E-state index contributed by atoms with van der Waals surface area (Å²) in [5, 5.41) is 12.9. The molecule has 2 atom stereocenters. The number of hydrogen-bond donors (Lipinski definition) is 2. The molecule has 0 amide bonds. The standard InChI is InChI=1S/C21H26FN3O3/c1-3-23-12(2)13-6-7-24(10-13)19-9-18-15(8-17(19)22)20(26)16(21(27)28)11-25(18)14-4-5-14/h8-9,11-14,23H,3-7,10H2,1-2H3,(H,27,28)/t12-,13-/m0/s1. The van der Waals surface area contributed by atoms with Crippen LogP contribution in [0.1, 0.15) is 49.5 Å². The highest BCUT2D eigenvalue weighted by Crippen LogP contribution is 2.38. The summed E-state index contributed by atoms with van der Waals surface area (Å²) in [5.74, 6) is -1.30. The predicted molar refractivity (Wildman–Crippen MR) is 107 cm³/mol. The SMILES string of the molecule is CCN[C@@H](C)[C@H]1CCN(c2cc3c(cc2F)c(=O)c(C(=O)O)cn3C2CC2)C1. The zero-order valence-corrected chi connectivity index (χ0v) is 16.2. The van der Waals surface area contributed by atoms with Crippen LogP contribution in [0, 0.1) is 11.7 Å². The number of benzene rings is 1. The Morgan fingerprint density at radius 1 is 1.36 bits per heavy atom. The van der Waals surface area contributed by atoms with Crippen molar-refractivity contribution in [3.63, 3.8) is 0 Å². The highest BCUT2D eigenvalue weighted by molar-refractivity contribution is 5.93. The van der Waals surface area contributed by atoms with Crippen LogP contribution < -0.4 is 15.6 Å². The average molecular weight is 387 g/mol. The van der Waals surface area contributed by atoms with Crippen molar-refractivity contribution >= 4 is 22.6 Å². The zero-order chi connectivity index (χ0) is 20.0. The van der Waals surface area contributed by atoms with Crippen LogP contribution in [-0.2, 0) is 0 Å². The third-order valence-corrected chi connectivity index (χ3v) is 6.07. The van der Waals surface area contributed by atoms with Gasteiger partial charge in [0, 0.05) is 36.8 Å². The van der Waals surface area contributed by atoms with Gasteiger partial charge < -0.3 is 19.9 Å². The lowest BCUT2D eigenvalue weighted by Gasteiger charge is -2.23. The summed E-state index contributed by atoms with van der Waals surface area (Å²) in [6, 6.07) is 3.50. The molecule has 1 aliphatic carbocycles. The monoisotopic (exact) mass is 387 g/mol. The molecule has 2 aliphatic rings. The lowest BCUT2D eigenvalue weighted by atomic mass is 10.0. The fourth-order valence-electron chi connectivity index (χ4n) is 4.31. The minimum atomic E-state index is -1.27. The number of rotatable bonds is 6. The maximum absolute atomic E-state index is 15.0. The number of carboxylic acids is 1. The number of halogens is 1. The maximum Gasteiger partial charge on any atom is 0.341 e. The molecule has 7 heteroatoms. The lowest BCUT2D eigenvalue weighted by molar-refractivity contribution is 0.0695. The number of fused-ring (bicyclic) bond motifs is 1. The van der Waals surface area contributed by atoms with E-state index in [0.29, 0.717) is 23.2 Å². The van der Waals surface area contributed by atoms with Crippen LogP contribution in [0.2, 0.25) is 0 Å². The average Bonchev–Trinajstić information content (AvgIpc) is 3.38. The largest absolute Gasteiger partial charge is 0.477 e. The van der Waals surface area contributed by atoms with E-state index in [-0.39, 0.29) is 17.0 Å². The number of aromatic nitrogens is 1. The predicted octanol–water partition coefficient (Wildman–Crippen LogP) is 3.00. The molecule has 2 aromatic rings. The van der Waals surface area contributed by atoms with Crippen LogP contribution in [0.3, 0.4) is 0 Å². The van der Waals surface area contributed by atoms with Crippen LogP contribution >= 0.6 is 0 Å². The van der Waals surface area contributed by atoms with Gasteiger partial charge in [0.1, 0.15) is 11.4 Å². The first-order chi connectivity index (χ1) is 13.4. The summed E-state index contributed by atoms with van der Waals surface area (Å²) in [6.45, 7) is 6.67. The van der Waals surface area contributed by atoms with E-state index in [1.165, 1.54) is 12.3 Å². The minimum absolute atomic E-state index is 0.143. The molecular formula is C21H26FN3O3. The molecule has 1 saturated heterocycles. The van der Waals surface area contributed by atoms with Gasteiger partial charge in [0.15, 0.2) is 0 Å². The number of nitrogens with one attached hydrogen (secondary N) is 1. The summed E-state index contributed by atoms with van der Waals surface area (Å²) in [5.41, 5.74) is 0.199. The molecule has 2 heterocycles. The van der Waals surface area contributed by atoms with Gasteiger partial charge in [-0.3, -0.25) is 4.79 Å². The van der Waals surface area contributed by atoms with E-state index in [2.05, 4.69) is 19.2 Å². The minimum Gasteiger partial charge on any atom is -0.477 e. The Morgan fingerprint density at radius 2 is 2.11 bits per heavy atom. The van der Waals surface area contributed by atoms with Crippen LogP contribution in [-0.4, -0.2) is 41.3 Å². The maximum atomic E-state index is 15.0. The molecular weight excluding hydrogens is 361 g/mol. The molecule has 28 heavy (non-hydrogen) atoms. The molecule has 2 fully saturated rings. The number of hydrogen-bond acceptors (Lipinski definition) is 4. The Bertz CT molecular complexity index is 983. The van der Waals surface area contributed by atoms with Crippen LogP contribution in [0.5, 0.6) is 0 Å². The second kappa shape index (κ2) is 7.20. The van der Waals surface area contributed by atoms with E-state index in [1.807, 2.05) is 9.47 Å². The van der Waals surface area contributed by atoms with Gasteiger partial charge in [0.2, 0.25) is 5.43 Å². The van der Waals surface area contributed by atoms with E-state index in [0.717, 1.165) is 38.9 Å². The van der Waals surface area contributed by atoms with Crippen molar-refractivity contribution in [2.75, 3.05) is 24.5 Å². The van der Waals surface area contributed by atoms with Crippen LogP contribution in [0.15, 0.2) is 23.1 Å². The summed E-state index contributed by atoms with van der Waals surface area (Å²) in [7, 11) is 0. The van der Waals surface area contributed by atoms with E-state index >= 15 is 0 Å². The molecule has 1 aliphatic heterocycles. The first-order valence-electron chi connectivity index (χ1n) is 10.0. The molecule has 6 nitrogen and oxygen atoms in total. The van der Waals surface area contributed by atoms with Gasteiger partial charge >= 0.3 is 5.97 Å². The fraction of sp³-hybridized carbons (Fsp3) is 0.524. The van der Waals surface area contributed by atoms with Crippen molar-refractivity contribution in [3.05, 3.63) is 39.9 Å². The number of aromatic carboxylic acids is 1. The molecule has 1 aromatic carbocycles. The number of nitrogens with zero attached hydrogens (tertiary/aromatic N) is 2. The fourth-order valence-corrected chi connectivity index (χ4v) is 4.31. The second-order valence-electron chi connectivity index (χ2n) is 7.98. The van der Waals surface area contributed by atoms with Crippen molar-refractivity contribution in [3.8, 4) is 0 Å². The molecule has 0 unspecified atom stereocenters. The molecule has 2 N–H and O–H groups in total. The number of anilines is 1. The van der Waals surface area contributed by atoms with Gasteiger partial charge in [-0.1, -0.05) is 6.92 Å². The van der Waals surface area contributed by atoms with Crippen molar-refractivity contribution in [1.29, 1.82) is 0 Å². The number of carbonyl (C=O) groups is 1. The Balaban J connectivity index is 1.76. The van der Waals surface area contributed by atoms with Gasteiger partial charge in [0.05, 0.1) is 11.2 Å². The molecule has 0 spiro atoms. The summed E-state index contributed by atoms with van der Waals surface area (Å²) < 4.78 is 16.8. The third-order valence-electron chi connectivity index (χ3n) is 6.07. The van der Waals surface area contributed by atoms with Crippen molar-refractivity contribution in [1.82, 2.24) is 9.88 Å². The number of pyridine rings is 1. The third kappa shape index (κ3) is 3.28. The Hall–Kier alpha value is -2.41. The molecule has 0 radical (unpaired) electrons. The first-order valence-corrected chi connectivity index (χ1v) is 10.0. The highest BCUT2D eigenvalue weighted by Gasteiger charge is 2.31. The molecule has 1 aromatic heterocycles. The smallest absolute Gasteiger partial charge is 0.341 e. The Morgan fingerprint density at radius 3 is 2.75 bits per heavy atom. The molecule has 4 rings (SSSR count). The molecule has 1 saturated carbocycles. The first kappa shape index (κ1) is 18.9. The van der Waals surface area contributed by atoms with E-state index in [4.69, 9.17) is 0 Å². The van der Waals surface area contributed by atoms with Gasteiger partial charge in [-0.05, 0) is 50.8 Å². The summed E-state index contributed by atoms with van der Waals surface area (Å²) >= 11 is 0. The van der Waals surface area contributed by atoms with Gasteiger partial charge in [0.25, 0.3) is 0 Å².